The Kier molecular flexibility index (Phi) is 8.37. The Morgan fingerprint density at radius 2 is 1.68 bits per heavy atom. The lowest BCUT2D eigenvalue weighted by molar-refractivity contribution is -0.149. The third-order valence-electron chi connectivity index (χ3n) is 8.49. The summed E-state index contributed by atoms with van der Waals surface area (Å²) in [5.41, 5.74) is 3.23. The Balaban J connectivity index is 1.38. The van der Waals surface area contributed by atoms with Gasteiger partial charge in [-0.2, -0.15) is 17.9 Å². The first-order valence-corrected chi connectivity index (χ1v) is 14.5. The maximum atomic E-state index is 13.6. The van der Waals surface area contributed by atoms with Crippen LogP contribution in [0.2, 0.25) is 0 Å². The van der Waals surface area contributed by atoms with Crippen molar-refractivity contribution in [2.24, 2.45) is 0 Å². The second-order valence-corrected chi connectivity index (χ2v) is 11.2. The second kappa shape index (κ2) is 12.4. The average Bonchev–Trinajstić information content (AvgIpc) is 3.67. The predicted octanol–water partition coefficient (Wildman–Crippen LogP) is 4.71. The van der Waals surface area contributed by atoms with Crippen molar-refractivity contribution in [3.05, 3.63) is 101 Å². The number of nitrogens with zero attached hydrogens (tertiary/aromatic N) is 6. The number of alkyl halides is 3. The molecule has 0 N–H and O–H groups in total. The predicted molar refractivity (Wildman–Crippen MR) is 155 cm³/mol. The second-order valence-electron chi connectivity index (χ2n) is 11.2. The van der Waals surface area contributed by atoms with Crippen molar-refractivity contribution in [3.63, 3.8) is 0 Å². The number of aromatic nitrogens is 4. The van der Waals surface area contributed by atoms with Gasteiger partial charge < -0.3 is 9.47 Å². The van der Waals surface area contributed by atoms with Crippen LogP contribution in [0.25, 0.3) is 5.69 Å². The standard InChI is InChI=1S/C32H33F3N6O3/c1-21(42)44-29-15-16-40-26(29)19-39(20-27(40)30(22-9-5-3-6-10-22)23-11-7-4-8-12-23)18-24-17-25(13-14-28(24)43-2)41-31(32(33,34)35)36-37-38-41/h3-14,17,26-27,29-30H,15-16,18-20H2,1-2H3/t26-,27+,29-/m1/s1. The Bertz CT molecular complexity index is 1540. The van der Waals surface area contributed by atoms with Gasteiger partial charge in [-0.3, -0.25) is 14.6 Å². The molecule has 2 aliphatic rings. The molecule has 2 aliphatic heterocycles. The van der Waals surface area contributed by atoms with Crippen LogP contribution >= 0.6 is 0 Å². The quantitative estimate of drug-likeness (QED) is 0.267. The minimum Gasteiger partial charge on any atom is -0.496 e. The zero-order valence-corrected chi connectivity index (χ0v) is 24.4. The minimum absolute atomic E-state index is 0.0302. The topological polar surface area (TPSA) is 85.6 Å². The monoisotopic (exact) mass is 606 g/mol. The van der Waals surface area contributed by atoms with Crippen molar-refractivity contribution in [2.75, 3.05) is 26.7 Å². The van der Waals surface area contributed by atoms with Gasteiger partial charge in [0, 0.05) is 50.6 Å². The molecule has 2 saturated heterocycles. The first-order chi connectivity index (χ1) is 21.2. The van der Waals surface area contributed by atoms with Gasteiger partial charge in [0.15, 0.2) is 0 Å². The van der Waals surface area contributed by atoms with E-state index in [1.165, 1.54) is 31.2 Å². The number of hydrogen-bond donors (Lipinski definition) is 0. The van der Waals surface area contributed by atoms with Gasteiger partial charge in [-0.25, -0.2) is 0 Å². The van der Waals surface area contributed by atoms with Gasteiger partial charge in [-0.15, -0.1) is 5.10 Å². The van der Waals surface area contributed by atoms with E-state index in [-0.39, 0.29) is 35.8 Å². The van der Waals surface area contributed by atoms with Crippen molar-refractivity contribution < 1.29 is 27.4 Å². The van der Waals surface area contributed by atoms with Gasteiger partial charge in [0.2, 0.25) is 0 Å². The number of halogens is 3. The normalized spacial score (nSPS) is 20.9. The van der Waals surface area contributed by atoms with E-state index in [9.17, 15) is 18.0 Å². The molecule has 0 amide bonds. The molecule has 3 heterocycles. The van der Waals surface area contributed by atoms with Crippen LogP contribution in [0.15, 0.2) is 78.9 Å². The zero-order valence-electron chi connectivity index (χ0n) is 24.4. The Morgan fingerprint density at radius 1 is 1.00 bits per heavy atom. The van der Waals surface area contributed by atoms with Crippen LogP contribution in [0.3, 0.4) is 0 Å². The molecule has 12 heteroatoms. The van der Waals surface area contributed by atoms with Crippen LogP contribution in [0.4, 0.5) is 13.2 Å². The van der Waals surface area contributed by atoms with E-state index in [4.69, 9.17) is 9.47 Å². The van der Waals surface area contributed by atoms with Gasteiger partial charge >= 0.3 is 12.1 Å². The maximum absolute atomic E-state index is 13.6. The summed E-state index contributed by atoms with van der Waals surface area (Å²) in [6.45, 7) is 3.89. The highest BCUT2D eigenvalue weighted by Gasteiger charge is 2.47. The first kappa shape index (κ1) is 29.8. The van der Waals surface area contributed by atoms with E-state index in [1.54, 1.807) is 12.1 Å². The molecule has 4 aromatic rings. The summed E-state index contributed by atoms with van der Waals surface area (Å²) in [5.74, 6) is -0.946. The SMILES string of the molecule is COc1ccc(-n2nnnc2C(F)(F)F)cc1CN1C[C@@H]2[C@H](OC(C)=O)CCN2[C@H](C(c2ccccc2)c2ccccc2)C1. The molecule has 1 aromatic heterocycles. The van der Waals surface area contributed by atoms with Crippen molar-refractivity contribution >= 4 is 5.97 Å². The summed E-state index contributed by atoms with van der Waals surface area (Å²) in [6, 6.07) is 25.5. The van der Waals surface area contributed by atoms with Crippen molar-refractivity contribution in [2.45, 2.75) is 50.2 Å². The molecule has 0 unspecified atom stereocenters. The van der Waals surface area contributed by atoms with E-state index < -0.39 is 12.0 Å². The minimum atomic E-state index is -4.72. The van der Waals surface area contributed by atoms with E-state index in [2.05, 4.69) is 49.6 Å². The number of carbonyl (C=O) groups excluding carboxylic acids is 1. The summed E-state index contributed by atoms with van der Waals surface area (Å²) in [6.07, 6.45) is -4.26. The van der Waals surface area contributed by atoms with Crippen molar-refractivity contribution in [1.82, 2.24) is 30.0 Å². The average molecular weight is 607 g/mol. The lowest BCUT2D eigenvalue weighted by Gasteiger charge is -2.48. The van der Waals surface area contributed by atoms with Crippen LogP contribution < -0.4 is 4.74 Å². The number of rotatable bonds is 8. The lowest BCUT2D eigenvalue weighted by Crippen LogP contribution is -2.60. The Morgan fingerprint density at radius 3 is 2.30 bits per heavy atom. The fraction of sp³-hybridized carbons (Fsp3) is 0.375. The Hall–Kier alpha value is -4.29. The van der Waals surface area contributed by atoms with Gasteiger partial charge in [0.1, 0.15) is 11.9 Å². The highest BCUT2D eigenvalue weighted by molar-refractivity contribution is 5.66. The van der Waals surface area contributed by atoms with Gasteiger partial charge in [-0.05, 0) is 46.2 Å². The highest BCUT2D eigenvalue weighted by Crippen LogP contribution is 2.39. The summed E-state index contributed by atoms with van der Waals surface area (Å²) in [4.78, 5) is 16.8. The van der Waals surface area contributed by atoms with Crippen LogP contribution in [0, 0.1) is 0 Å². The number of ether oxygens (including phenoxy) is 2. The summed E-state index contributed by atoms with van der Waals surface area (Å²) >= 11 is 0. The number of carbonyl (C=O) groups is 1. The van der Waals surface area contributed by atoms with Crippen molar-refractivity contribution in [3.8, 4) is 11.4 Å². The molecule has 9 nitrogen and oxygen atoms in total. The number of hydrogen-bond acceptors (Lipinski definition) is 8. The van der Waals surface area contributed by atoms with Crippen molar-refractivity contribution in [1.29, 1.82) is 0 Å². The summed E-state index contributed by atoms with van der Waals surface area (Å²) in [7, 11) is 1.53. The molecule has 230 valence electrons. The van der Waals surface area contributed by atoms with Crippen LogP contribution in [0.5, 0.6) is 5.75 Å². The maximum Gasteiger partial charge on any atom is 0.453 e. The highest BCUT2D eigenvalue weighted by atomic mass is 19.4. The van der Waals surface area contributed by atoms with Crippen LogP contribution in [-0.4, -0.2) is 80.9 Å². The van der Waals surface area contributed by atoms with Gasteiger partial charge in [0.05, 0.1) is 18.8 Å². The van der Waals surface area contributed by atoms with Crippen LogP contribution in [-0.2, 0) is 22.3 Å². The van der Waals surface area contributed by atoms with E-state index >= 15 is 0 Å². The van der Waals surface area contributed by atoms with E-state index in [0.717, 1.165) is 13.0 Å². The van der Waals surface area contributed by atoms with Gasteiger partial charge in [-0.1, -0.05) is 60.7 Å². The lowest BCUT2D eigenvalue weighted by atomic mass is 9.82. The molecule has 0 radical (unpaired) electrons. The Labute approximate surface area is 253 Å². The molecule has 6 rings (SSSR count). The third kappa shape index (κ3) is 6.04. The molecular weight excluding hydrogens is 573 g/mol. The first-order valence-electron chi connectivity index (χ1n) is 14.5. The number of tetrazole rings is 1. The molecule has 3 aromatic carbocycles. The number of esters is 1. The molecule has 0 spiro atoms. The zero-order chi connectivity index (χ0) is 30.8. The number of benzene rings is 3. The molecule has 44 heavy (non-hydrogen) atoms. The van der Waals surface area contributed by atoms with E-state index in [1.807, 2.05) is 36.4 Å². The molecule has 2 fully saturated rings. The molecular formula is C32H33F3N6O3. The van der Waals surface area contributed by atoms with Gasteiger partial charge in [0.25, 0.3) is 5.82 Å². The number of piperazine rings is 1. The molecule has 0 bridgehead atoms. The number of methoxy groups -OCH3 is 1. The largest absolute Gasteiger partial charge is 0.496 e. The summed E-state index contributed by atoms with van der Waals surface area (Å²) < 4.78 is 52.9. The summed E-state index contributed by atoms with van der Waals surface area (Å²) in [5, 5.41) is 10.1. The molecule has 0 saturated carbocycles. The fourth-order valence-electron chi connectivity index (χ4n) is 6.72. The smallest absolute Gasteiger partial charge is 0.453 e. The molecule has 3 atom stereocenters. The third-order valence-corrected chi connectivity index (χ3v) is 8.49. The van der Waals surface area contributed by atoms with Crippen LogP contribution in [0.1, 0.15) is 41.8 Å². The molecule has 0 aliphatic carbocycles. The van der Waals surface area contributed by atoms with E-state index in [0.29, 0.717) is 35.6 Å². The fourth-order valence-corrected chi connectivity index (χ4v) is 6.72. The number of fused-ring (bicyclic) bond motifs is 1.